The molecule has 0 fully saturated rings. The van der Waals surface area contributed by atoms with Gasteiger partial charge in [-0.15, -0.1) is 10.2 Å². The molecule has 0 aliphatic heterocycles. The van der Waals surface area contributed by atoms with Crippen molar-refractivity contribution in [2.75, 3.05) is 0 Å². The molecule has 0 saturated heterocycles. The zero-order valence-corrected chi connectivity index (χ0v) is 12.1. The average Bonchev–Trinajstić information content (AvgIpc) is 2.85. The lowest BCUT2D eigenvalue weighted by molar-refractivity contribution is 0.444. The van der Waals surface area contributed by atoms with Gasteiger partial charge in [0.25, 0.3) is 0 Å². The normalized spacial score (nSPS) is 12.6. The van der Waals surface area contributed by atoms with Gasteiger partial charge in [0.2, 0.25) is 11.8 Å². The molecule has 1 aromatic carbocycles. The molecule has 0 radical (unpaired) electrons. The second-order valence-corrected chi connectivity index (χ2v) is 5.03. The van der Waals surface area contributed by atoms with Crippen molar-refractivity contribution in [1.82, 2.24) is 15.5 Å². The second-order valence-electron chi connectivity index (χ2n) is 4.17. The van der Waals surface area contributed by atoms with Gasteiger partial charge in [-0.3, -0.25) is 0 Å². The molecule has 0 aliphatic rings. The Morgan fingerprint density at radius 1 is 1.33 bits per heavy atom. The standard InChI is InChI=1S/C13H16BrN3O/c1-3-9(2)15-8-12-16-17-13(18-12)10-6-4-5-7-11(10)14/h4-7,9,15H,3,8H2,1-2H3. The molecule has 5 heteroatoms. The smallest absolute Gasteiger partial charge is 0.248 e. The van der Waals surface area contributed by atoms with Crippen molar-refractivity contribution in [2.24, 2.45) is 0 Å². The summed E-state index contributed by atoms with van der Waals surface area (Å²) in [5.41, 5.74) is 0.916. The Morgan fingerprint density at radius 2 is 2.11 bits per heavy atom. The van der Waals surface area contributed by atoms with Crippen LogP contribution in [0.3, 0.4) is 0 Å². The fourth-order valence-electron chi connectivity index (χ4n) is 1.47. The molecule has 1 atom stereocenters. The molecule has 1 aromatic heterocycles. The molecule has 1 heterocycles. The summed E-state index contributed by atoms with van der Waals surface area (Å²) in [4.78, 5) is 0. The fourth-order valence-corrected chi connectivity index (χ4v) is 1.93. The van der Waals surface area contributed by atoms with E-state index in [1.807, 2.05) is 24.3 Å². The molecule has 0 bridgehead atoms. The highest BCUT2D eigenvalue weighted by molar-refractivity contribution is 9.10. The van der Waals surface area contributed by atoms with Crippen LogP contribution >= 0.6 is 15.9 Å². The van der Waals surface area contributed by atoms with Crippen LogP contribution in [0.1, 0.15) is 26.2 Å². The van der Waals surface area contributed by atoms with Gasteiger partial charge in [0, 0.05) is 10.5 Å². The summed E-state index contributed by atoms with van der Waals surface area (Å²) in [6, 6.07) is 8.25. The van der Waals surface area contributed by atoms with E-state index in [9.17, 15) is 0 Å². The van der Waals surface area contributed by atoms with Gasteiger partial charge in [-0.05, 0) is 41.4 Å². The summed E-state index contributed by atoms with van der Waals surface area (Å²) < 4.78 is 6.58. The number of halogens is 1. The number of rotatable bonds is 5. The minimum absolute atomic E-state index is 0.448. The molecule has 18 heavy (non-hydrogen) atoms. The third-order valence-electron chi connectivity index (χ3n) is 2.79. The van der Waals surface area contributed by atoms with Crippen molar-refractivity contribution in [3.63, 3.8) is 0 Å². The Hall–Kier alpha value is -1.20. The van der Waals surface area contributed by atoms with E-state index < -0.39 is 0 Å². The van der Waals surface area contributed by atoms with Crippen molar-refractivity contribution >= 4 is 15.9 Å². The third kappa shape index (κ3) is 3.17. The molecule has 0 saturated carbocycles. The van der Waals surface area contributed by atoms with Gasteiger partial charge in [0.1, 0.15) is 0 Å². The van der Waals surface area contributed by atoms with Crippen LogP contribution in [0, 0.1) is 0 Å². The zero-order valence-electron chi connectivity index (χ0n) is 10.5. The van der Waals surface area contributed by atoms with E-state index in [4.69, 9.17) is 4.42 Å². The van der Waals surface area contributed by atoms with E-state index >= 15 is 0 Å². The van der Waals surface area contributed by atoms with Crippen molar-refractivity contribution in [3.05, 3.63) is 34.6 Å². The highest BCUT2D eigenvalue weighted by Crippen LogP contribution is 2.26. The molecule has 96 valence electrons. The first-order valence-electron chi connectivity index (χ1n) is 6.01. The number of hydrogen-bond acceptors (Lipinski definition) is 4. The Balaban J connectivity index is 2.09. The highest BCUT2D eigenvalue weighted by Gasteiger charge is 2.11. The molecule has 4 nitrogen and oxygen atoms in total. The Morgan fingerprint density at radius 3 is 2.83 bits per heavy atom. The zero-order chi connectivity index (χ0) is 13.0. The predicted octanol–water partition coefficient (Wildman–Crippen LogP) is 3.39. The largest absolute Gasteiger partial charge is 0.419 e. The highest BCUT2D eigenvalue weighted by atomic mass is 79.9. The van der Waals surface area contributed by atoms with Gasteiger partial charge in [-0.2, -0.15) is 0 Å². The Bertz CT molecular complexity index is 512. The van der Waals surface area contributed by atoms with E-state index in [0.717, 1.165) is 16.5 Å². The van der Waals surface area contributed by atoms with Gasteiger partial charge in [-0.1, -0.05) is 19.1 Å². The van der Waals surface area contributed by atoms with Crippen LogP contribution in [0.5, 0.6) is 0 Å². The third-order valence-corrected chi connectivity index (χ3v) is 3.48. The number of nitrogens with one attached hydrogen (secondary N) is 1. The van der Waals surface area contributed by atoms with Crippen molar-refractivity contribution in [3.8, 4) is 11.5 Å². The summed E-state index contributed by atoms with van der Waals surface area (Å²) in [5.74, 6) is 1.16. The summed E-state index contributed by atoms with van der Waals surface area (Å²) in [7, 11) is 0. The first-order valence-corrected chi connectivity index (χ1v) is 6.80. The molecule has 0 aliphatic carbocycles. The van der Waals surface area contributed by atoms with E-state index in [-0.39, 0.29) is 0 Å². The summed E-state index contributed by atoms with van der Waals surface area (Å²) in [5, 5.41) is 11.4. The Kier molecular flexibility index (Phi) is 4.49. The second kappa shape index (κ2) is 6.11. The molecule has 0 amide bonds. The van der Waals surface area contributed by atoms with Gasteiger partial charge in [-0.25, -0.2) is 0 Å². The lowest BCUT2D eigenvalue weighted by Gasteiger charge is -2.07. The predicted molar refractivity (Wildman–Crippen MR) is 74.0 cm³/mol. The maximum atomic E-state index is 5.63. The summed E-state index contributed by atoms with van der Waals surface area (Å²) in [6.45, 7) is 4.87. The topological polar surface area (TPSA) is 51.0 Å². The van der Waals surface area contributed by atoms with Crippen molar-refractivity contribution < 1.29 is 4.42 Å². The van der Waals surface area contributed by atoms with Crippen LogP contribution < -0.4 is 5.32 Å². The van der Waals surface area contributed by atoms with E-state index in [1.54, 1.807) is 0 Å². The number of nitrogens with zero attached hydrogens (tertiary/aromatic N) is 2. The lowest BCUT2D eigenvalue weighted by atomic mass is 10.2. The van der Waals surface area contributed by atoms with Crippen LogP contribution in [-0.2, 0) is 6.54 Å². The molecule has 2 aromatic rings. The maximum Gasteiger partial charge on any atom is 0.248 e. The van der Waals surface area contributed by atoms with E-state index in [0.29, 0.717) is 24.4 Å². The minimum Gasteiger partial charge on any atom is -0.419 e. The molecular formula is C13H16BrN3O. The van der Waals surface area contributed by atoms with Crippen LogP contribution in [0.15, 0.2) is 33.2 Å². The minimum atomic E-state index is 0.448. The van der Waals surface area contributed by atoms with Crippen LogP contribution in [-0.4, -0.2) is 16.2 Å². The maximum absolute atomic E-state index is 5.63. The summed E-state index contributed by atoms with van der Waals surface area (Å²) in [6.07, 6.45) is 1.07. The van der Waals surface area contributed by atoms with Crippen molar-refractivity contribution in [1.29, 1.82) is 0 Å². The SMILES string of the molecule is CCC(C)NCc1nnc(-c2ccccc2Br)o1. The molecule has 1 unspecified atom stereocenters. The lowest BCUT2D eigenvalue weighted by Crippen LogP contribution is -2.24. The van der Waals surface area contributed by atoms with E-state index in [2.05, 4.69) is 45.3 Å². The average molecular weight is 310 g/mol. The quantitative estimate of drug-likeness (QED) is 0.920. The molecule has 2 rings (SSSR count). The van der Waals surface area contributed by atoms with Crippen LogP contribution in [0.4, 0.5) is 0 Å². The molecular weight excluding hydrogens is 294 g/mol. The monoisotopic (exact) mass is 309 g/mol. The summed E-state index contributed by atoms with van der Waals surface area (Å²) >= 11 is 3.47. The van der Waals surface area contributed by atoms with Gasteiger partial charge in [0.05, 0.1) is 12.1 Å². The van der Waals surface area contributed by atoms with Crippen LogP contribution in [0.25, 0.3) is 11.5 Å². The van der Waals surface area contributed by atoms with Crippen LogP contribution in [0.2, 0.25) is 0 Å². The number of hydrogen-bond donors (Lipinski definition) is 1. The number of aromatic nitrogens is 2. The van der Waals surface area contributed by atoms with E-state index in [1.165, 1.54) is 0 Å². The number of benzene rings is 1. The first kappa shape index (κ1) is 13.2. The molecule has 1 N–H and O–H groups in total. The Labute approximate surface area is 115 Å². The van der Waals surface area contributed by atoms with Gasteiger partial charge in [0.15, 0.2) is 0 Å². The molecule has 0 spiro atoms. The van der Waals surface area contributed by atoms with Gasteiger partial charge >= 0.3 is 0 Å². The van der Waals surface area contributed by atoms with Gasteiger partial charge < -0.3 is 9.73 Å². The van der Waals surface area contributed by atoms with Crippen molar-refractivity contribution in [2.45, 2.75) is 32.9 Å². The fraction of sp³-hybridized carbons (Fsp3) is 0.385. The first-order chi connectivity index (χ1) is 8.70.